The third kappa shape index (κ3) is 2.52. The third-order valence-corrected chi connectivity index (χ3v) is 4.56. The Kier molecular flexibility index (Phi) is 3.55. The van der Waals surface area contributed by atoms with Gasteiger partial charge in [0.25, 0.3) is 0 Å². The van der Waals surface area contributed by atoms with Gasteiger partial charge >= 0.3 is 0 Å². The molecule has 1 rings (SSSR count). The molecule has 1 heterocycles. The fourth-order valence-electron chi connectivity index (χ4n) is 1.26. The van der Waals surface area contributed by atoms with Gasteiger partial charge < -0.3 is 0 Å². The van der Waals surface area contributed by atoms with Crippen LogP contribution in [0.4, 0.5) is 0 Å². The second kappa shape index (κ2) is 4.54. The van der Waals surface area contributed by atoms with Crippen molar-refractivity contribution < 1.29 is 14.1 Å². The maximum absolute atomic E-state index is 12.1. The number of hydrogen-bond donors (Lipinski definition) is 1. The summed E-state index contributed by atoms with van der Waals surface area (Å²) in [5, 5.41) is 9.17. The lowest BCUT2D eigenvalue weighted by atomic mass is 10.2. The van der Waals surface area contributed by atoms with Crippen molar-refractivity contribution in [2.24, 2.45) is 4.36 Å². The zero-order valence-corrected chi connectivity index (χ0v) is 10.4. The van der Waals surface area contributed by atoms with E-state index in [1.54, 1.807) is 19.9 Å². The summed E-state index contributed by atoms with van der Waals surface area (Å²) in [5.74, 6) is 0. The van der Waals surface area contributed by atoms with Crippen LogP contribution in [0.3, 0.4) is 0 Å². The number of aromatic nitrogens is 1. The van der Waals surface area contributed by atoms with E-state index in [4.69, 9.17) is 6.42 Å². The summed E-state index contributed by atoms with van der Waals surface area (Å²) in [4.78, 5) is 0. The van der Waals surface area contributed by atoms with Crippen molar-refractivity contribution in [2.75, 3.05) is 6.26 Å². The zero-order valence-electron chi connectivity index (χ0n) is 9.54. The molecule has 0 radical (unpaired) electrons. The average Bonchev–Trinajstić information content (AvgIpc) is 2.21. The van der Waals surface area contributed by atoms with Gasteiger partial charge in [-0.25, -0.2) is 4.21 Å². The quantitative estimate of drug-likeness (QED) is 0.480. The van der Waals surface area contributed by atoms with E-state index in [1.165, 1.54) is 12.5 Å². The van der Waals surface area contributed by atoms with Crippen molar-refractivity contribution in [2.45, 2.75) is 19.1 Å². The van der Waals surface area contributed by atoms with Gasteiger partial charge in [0, 0.05) is 35.6 Å². The highest BCUT2D eigenvalue weighted by Gasteiger charge is 2.19. The second-order valence-electron chi connectivity index (χ2n) is 3.67. The molecule has 1 aromatic rings. The lowest BCUT2D eigenvalue weighted by Crippen LogP contribution is -2.34. The topological polar surface area (TPSA) is 53.5 Å². The first-order valence-electron chi connectivity index (χ1n) is 4.75. The molecule has 0 aliphatic rings. The smallest absolute Gasteiger partial charge is 0.231 e. The molecule has 16 heavy (non-hydrogen) atoms. The van der Waals surface area contributed by atoms with E-state index in [-0.39, 0.29) is 5.25 Å². The highest BCUT2D eigenvalue weighted by Crippen LogP contribution is 2.21. The molecule has 86 valence electrons. The summed E-state index contributed by atoms with van der Waals surface area (Å²) in [7, 11) is -2.48. The average molecular weight is 239 g/mol. The molecular formula is C11H15N2O2S+. The molecule has 1 aromatic heterocycles. The van der Waals surface area contributed by atoms with Crippen molar-refractivity contribution in [1.82, 2.24) is 0 Å². The van der Waals surface area contributed by atoms with Crippen LogP contribution >= 0.6 is 0 Å². The molecular weight excluding hydrogens is 224 g/mol. The maximum Gasteiger partial charge on any atom is 0.231 e. The first-order valence-corrected chi connectivity index (χ1v) is 6.74. The Bertz CT molecular complexity index is 552. The van der Waals surface area contributed by atoms with E-state index in [0.717, 1.165) is 10.3 Å². The fourth-order valence-corrected chi connectivity index (χ4v) is 2.27. The molecule has 4 nitrogen and oxygen atoms in total. The number of nitrogens with zero attached hydrogens (tertiary/aromatic N) is 2. The van der Waals surface area contributed by atoms with Crippen LogP contribution in [0.5, 0.6) is 0 Å². The van der Waals surface area contributed by atoms with Gasteiger partial charge in [0.15, 0.2) is 0 Å². The van der Waals surface area contributed by atoms with E-state index in [2.05, 4.69) is 10.4 Å². The van der Waals surface area contributed by atoms with Gasteiger partial charge in [0.1, 0.15) is 0 Å². The Hall–Kier alpha value is -1.54. The molecule has 5 heteroatoms. The molecule has 0 bridgehead atoms. The molecule has 2 unspecified atom stereocenters. The molecule has 1 N–H and O–H groups in total. The number of pyridine rings is 1. The highest BCUT2D eigenvalue weighted by molar-refractivity contribution is 7.93. The molecule has 0 fully saturated rings. The minimum atomic E-state index is -2.48. The van der Waals surface area contributed by atoms with Crippen LogP contribution in [0.15, 0.2) is 22.7 Å². The van der Waals surface area contributed by atoms with E-state index >= 15 is 0 Å². The summed E-state index contributed by atoms with van der Waals surface area (Å²) < 4.78 is 16.7. The van der Waals surface area contributed by atoms with Crippen molar-refractivity contribution in [1.29, 1.82) is 0 Å². The van der Waals surface area contributed by atoms with Crippen molar-refractivity contribution in [3.63, 3.8) is 0 Å². The number of hydrogen-bond acceptors (Lipinski definition) is 3. The summed E-state index contributed by atoms with van der Waals surface area (Å²) >= 11 is 0. The highest BCUT2D eigenvalue weighted by atomic mass is 32.2. The first-order chi connectivity index (χ1) is 7.38. The van der Waals surface area contributed by atoms with Gasteiger partial charge in [-0.3, -0.25) is 5.21 Å². The van der Waals surface area contributed by atoms with Crippen LogP contribution in [-0.2, 0) is 9.73 Å². The Morgan fingerprint density at radius 1 is 1.62 bits per heavy atom. The number of terminal acetylenes is 1. The Morgan fingerprint density at radius 3 is 2.75 bits per heavy atom. The summed E-state index contributed by atoms with van der Waals surface area (Å²) in [5.41, 5.74) is 1.44. The molecule has 0 aliphatic carbocycles. The van der Waals surface area contributed by atoms with Crippen molar-refractivity contribution in [3.8, 4) is 12.5 Å². The lowest BCUT2D eigenvalue weighted by Gasteiger charge is -2.10. The molecule has 0 aliphatic heterocycles. The van der Waals surface area contributed by atoms with Crippen LogP contribution in [0.2, 0.25) is 0 Å². The SMILES string of the molecule is C#CN=S(C)(=O)C(C)c1ccc(C)[n+](O)c1. The minimum absolute atomic E-state index is 0.331. The van der Waals surface area contributed by atoms with E-state index in [1.807, 2.05) is 6.07 Å². The van der Waals surface area contributed by atoms with Gasteiger partial charge in [-0.05, 0) is 13.0 Å². The molecule has 2 atom stereocenters. The lowest BCUT2D eigenvalue weighted by molar-refractivity contribution is -0.909. The molecule has 0 aromatic carbocycles. The maximum atomic E-state index is 12.1. The van der Waals surface area contributed by atoms with Crippen LogP contribution in [0, 0.1) is 19.4 Å². The van der Waals surface area contributed by atoms with Crippen LogP contribution < -0.4 is 4.73 Å². The second-order valence-corrected chi connectivity index (χ2v) is 6.28. The summed E-state index contributed by atoms with van der Waals surface area (Å²) in [6, 6.07) is 5.62. The largest absolute Gasteiger partial charge is 0.285 e. The normalized spacial score (nSPS) is 15.9. The van der Waals surface area contributed by atoms with E-state index in [0.29, 0.717) is 5.69 Å². The molecule has 0 spiro atoms. The Labute approximate surface area is 96.1 Å². The third-order valence-electron chi connectivity index (χ3n) is 2.51. The van der Waals surface area contributed by atoms with Crippen LogP contribution in [0.1, 0.15) is 23.4 Å². The standard InChI is InChI=1S/C11H15N2O2S/c1-5-12-16(4,15)10(3)11-7-6-9(2)13(14)8-11/h1,6-8,10,14H,2-4H3/q+1. The van der Waals surface area contributed by atoms with Crippen LogP contribution in [-0.4, -0.2) is 15.7 Å². The molecule has 0 amide bonds. The van der Waals surface area contributed by atoms with E-state index in [9.17, 15) is 9.42 Å². The zero-order chi connectivity index (χ0) is 12.3. The minimum Gasteiger partial charge on any atom is -0.285 e. The summed E-state index contributed by atoms with van der Waals surface area (Å²) in [6.45, 7) is 3.54. The Morgan fingerprint density at radius 2 is 2.25 bits per heavy atom. The fraction of sp³-hybridized carbons (Fsp3) is 0.364. The van der Waals surface area contributed by atoms with Gasteiger partial charge in [-0.15, -0.1) is 4.36 Å². The number of rotatable bonds is 2. The van der Waals surface area contributed by atoms with Crippen molar-refractivity contribution in [3.05, 3.63) is 29.6 Å². The van der Waals surface area contributed by atoms with Gasteiger partial charge in [0.2, 0.25) is 11.9 Å². The van der Waals surface area contributed by atoms with Gasteiger partial charge in [0.05, 0.1) is 15.0 Å². The monoisotopic (exact) mass is 239 g/mol. The van der Waals surface area contributed by atoms with Crippen LogP contribution in [0.25, 0.3) is 0 Å². The van der Waals surface area contributed by atoms with Gasteiger partial charge in [-0.1, -0.05) is 6.42 Å². The predicted octanol–water partition coefficient (Wildman–Crippen LogP) is 1.27. The predicted molar refractivity (Wildman–Crippen MR) is 62.3 cm³/mol. The molecule has 0 saturated carbocycles. The van der Waals surface area contributed by atoms with Crippen molar-refractivity contribution >= 4 is 9.73 Å². The van der Waals surface area contributed by atoms with E-state index < -0.39 is 9.73 Å². The first kappa shape index (κ1) is 12.5. The summed E-state index contributed by atoms with van der Waals surface area (Å²) in [6.07, 6.45) is 8.07. The van der Waals surface area contributed by atoms with Gasteiger partial charge in [-0.2, -0.15) is 0 Å². The Balaban J connectivity index is 3.22. The molecule has 0 saturated heterocycles. The number of aryl methyl sites for hydroxylation is 1.